The summed E-state index contributed by atoms with van der Waals surface area (Å²) >= 11 is 1.93. The molecule has 16 heavy (non-hydrogen) atoms. The first kappa shape index (κ1) is 11.5. The van der Waals surface area contributed by atoms with Crippen LogP contribution in [-0.4, -0.2) is 11.5 Å². The number of nitriles is 1. The molecule has 2 rings (SSSR count). The van der Waals surface area contributed by atoms with Crippen molar-refractivity contribution in [2.24, 2.45) is 0 Å². The van der Waals surface area contributed by atoms with E-state index in [1.54, 1.807) is 0 Å². The van der Waals surface area contributed by atoms with Crippen molar-refractivity contribution < 1.29 is 0 Å². The van der Waals surface area contributed by atoms with Crippen molar-refractivity contribution in [3.8, 4) is 6.07 Å². The van der Waals surface area contributed by atoms with E-state index in [2.05, 4.69) is 37.3 Å². The van der Waals surface area contributed by atoms with Gasteiger partial charge in [0.15, 0.2) is 0 Å². The Morgan fingerprint density at radius 2 is 2.25 bits per heavy atom. The lowest BCUT2D eigenvalue weighted by molar-refractivity contribution is 0.530. The van der Waals surface area contributed by atoms with E-state index in [-0.39, 0.29) is 5.41 Å². The molecular formula is C14H17NS. The van der Waals surface area contributed by atoms with Crippen LogP contribution in [0.15, 0.2) is 24.3 Å². The average molecular weight is 231 g/mol. The number of rotatable bonds is 4. The minimum atomic E-state index is -0.196. The van der Waals surface area contributed by atoms with Gasteiger partial charge in [-0.1, -0.05) is 31.2 Å². The number of aryl methyl sites for hydroxylation is 1. The van der Waals surface area contributed by atoms with Crippen LogP contribution in [0.5, 0.6) is 0 Å². The van der Waals surface area contributed by atoms with Crippen molar-refractivity contribution in [3.63, 3.8) is 0 Å². The zero-order chi connectivity index (χ0) is 11.4. The number of benzene rings is 1. The number of thioether (sulfide) groups is 1. The quantitative estimate of drug-likeness (QED) is 0.740. The van der Waals surface area contributed by atoms with Gasteiger partial charge in [0.05, 0.1) is 11.5 Å². The molecule has 2 heteroatoms. The van der Waals surface area contributed by atoms with Crippen LogP contribution in [0.3, 0.4) is 0 Å². The molecule has 1 aliphatic carbocycles. The maximum absolute atomic E-state index is 9.50. The van der Waals surface area contributed by atoms with E-state index in [4.69, 9.17) is 0 Å². The van der Waals surface area contributed by atoms with Gasteiger partial charge in [0.25, 0.3) is 0 Å². The van der Waals surface area contributed by atoms with Gasteiger partial charge in [-0.3, -0.25) is 0 Å². The fourth-order valence-electron chi connectivity index (χ4n) is 2.51. The second-order valence-corrected chi connectivity index (χ2v) is 5.69. The SMILES string of the molecule is CCSCCC1(C#N)CCc2ccccc21. The summed E-state index contributed by atoms with van der Waals surface area (Å²) < 4.78 is 0. The molecule has 1 unspecified atom stereocenters. The summed E-state index contributed by atoms with van der Waals surface area (Å²) in [6, 6.07) is 11.0. The van der Waals surface area contributed by atoms with Crippen molar-refractivity contribution in [1.29, 1.82) is 5.26 Å². The third-order valence-electron chi connectivity index (χ3n) is 3.45. The molecule has 0 bridgehead atoms. The Kier molecular flexibility index (Phi) is 3.56. The van der Waals surface area contributed by atoms with Crippen molar-refractivity contribution in [1.82, 2.24) is 0 Å². The molecule has 1 aromatic rings. The standard InChI is InChI=1S/C14H17NS/c1-2-16-10-9-14(11-15)8-7-12-5-3-4-6-13(12)14/h3-6H,2,7-10H2,1H3. The van der Waals surface area contributed by atoms with Crippen LogP contribution in [-0.2, 0) is 11.8 Å². The van der Waals surface area contributed by atoms with Crippen LogP contribution in [0, 0.1) is 11.3 Å². The molecule has 0 saturated heterocycles. The lowest BCUT2D eigenvalue weighted by Gasteiger charge is -2.21. The third kappa shape index (κ3) is 1.97. The number of nitrogens with zero attached hydrogens (tertiary/aromatic N) is 1. The molecule has 0 amide bonds. The number of fused-ring (bicyclic) bond motifs is 1. The van der Waals surface area contributed by atoms with E-state index in [9.17, 15) is 5.26 Å². The Bertz CT molecular complexity index is 407. The Balaban J connectivity index is 2.21. The summed E-state index contributed by atoms with van der Waals surface area (Å²) in [6.45, 7) is 2.17. The van der Waals surface area contributed by atoms with Crippen molar-refractivity contribution in [2.75, 3.05) is 11.5 Å². The van der Waals surface area contributed by atoms with Gasteiger partial charge in [-0.05, 0) is 41.9 Å². The summed E-state index contributed by atoms with van der Waals surface area (Å²) in [5.41, 5.74) is 2.47. The average Bonchev–Trinajstić information content (AvgIpc) is 2.70. The normalized spacial score (nSPS) is 22.8. The minimum absolute atomic E-state index is 0.196. The molecule has 1 nitrogen and oxygen atoms in total. The fraction of sp³-hybridized carbons (Fsp3) is 0.500. The lowest BCUT2D eigenvalue weighted by atomic mass is 9.81. The summed E-state index contributed by atoms with van der Waals surface area (Å²) in [6.07, 6.45) is 3.08. The molecule has 0 aliphatic heterocycles. The highest BCUT2D eigenvalue weighted by molar-refractivity contribution is 7.99. The lowest BCUT2D eigenvalue weighted by Crippen LogP contribution is -2.21. The summed E-state index contributed by atoms with van der Waals surface area (Å²) in [5, 5.41) is 9.50. The molecule has 84 valence electrons. The fourth-order valence-corrected chi connectivity index (χ4v) is 3.29. The highest BCUT2D eigenvalue weighted by Gasteiger charge is 2.38. The van der Waals surface area contributed by atoms with Crippen LogP contribution >= 0.6 is 11.8 Å². The highest BCUT2D eigenvalue weighted by atomic mass is 32.2. The van der Waals surface area contributed by atoms with Crippen LogP contribution in [0.2, 0.25) is 0 Å². The maximum Gasteiger partial charge on any atom is 0.0836 e. The second-order valence-electron chi connectivity index (χ2n) is 4.30. The first-order valence-electron chi connectivity index (χ1n) is 5.90. The number of hydrogen-bond acceptors (Lipinski definition) is 2. The molecule has 0 fully saturated rings. The summed E-state index contributed by atoms with van der Waals surface area (Å²) in [7, 11) is 0. The molecule has 1 atom stereocenters. The van der Waals surface area contributed by atoms with E-state index >= 15 is 0 Å². The van der Waals surface area contributed by atoms with Gasteiger partial charge < -0.3 is 0 Å². The summed E-state index contributed by atoms with van der Waals surface area (Å²) in [5.74, 6) is 2.24. The first-order valence-corrected chi connectivity index (χ1v) is 7.05. The Labute approximate surface area is 102 Å². The van der Waals surface area contributed by atoms with E-state index in [1.807, 2.05) is 11.8 Å². The van der Waals surface area contributed by atoms with Gasteiger partial charge in [-0.2, -0.15) is 17.0 Å². The zero-order valence-corrected chi connectivity index (χ0v) is 10.5. The van der Waals surface area contributed by atoms with Crippen molar-refractivity contribution in [2.45, 2.75) is 31.6 Å². The molecule has 0 radical (unpaired) electrons. The van der Waals surface area contributed by atoms with Crippen LogP contribution in [0.1, 0.15) is 30.9 Å². The van der Waals surface area contributed by atoms with Gasteiger partial charge in [0.1, 0.15) is 0 Å². The minimum Gasteiger partial charge on any atom is -0.197 e. The van der Waals surface area contributed by atoms with Gasteiger partial charge in [0.2, 0.25) is 0 Å². The third-order valence-corrected chi connectivity index (χ3v) is 4.35. The summed E-state index contributed by atoms with van der Waals surface area (Å²) in [4.78, 5) is 0. The van der Waals surface area contributed by atoms with Gasteiger partial charge in [-0.25, -0.2) is 0 Å². The maximum atomic E-state index is 9.50. The van der Waals surface area contributed by atoms with Gasteiger partial charge >= 0.3 is 0 Å². The molecule has 0 aromatic heterocycles. The highest BCUT2D eigenvalue weighted by Crippen LogP contribution is 2.41. The first-order chi connectivity index (χ1) is 7.82. The Morgan fingerprint density at radius 1 is 1.44 bits per heavy atom. The molecular weight excluding hydrogens is 214 g/mol. The smallest absolute Gasteiger partial charge is 0.0836 e. The van der Waals surface area contributed by atoms with Gasteiger partial charge in [0, 0.05) is 0 Å². The van der Waals surface area contributed by atoms with Crippen LogP contribution < -0.4 is 0 Å². The molecule has 0 N–H and O–H groups in total. The largest absolute Gasteiger partial charge is 0.197 e. The van der Waals surface area contributed by atoms with E-state index in [0.29, 0.717) is 0 Å². The topological polar surface area (TPSA) is 23.8 Å². The number of hydrogen-bond donors (Lipinski definition) is 0. The molecule has 0 spiro atoms. The predicted molar refractivity (Wildman–Crippen MR) is 69.7 cm³/mol. The predicted octanol–water partition coefficient (Wildman–Crippen LogP) is 3.54. The van der Waals surface area contributed by atoms with Crippen molar-refractivity contribution in [3.05, 3.63) is 35.4 Å². The molecule has 0 saturated carbocycles. The molecule has 0 heterocycles. The van der Waals surface area contributed by atoms with E-state index in [1.165, 1.54) is 11.1 Å². The van der Waals surface area contributed by atoms with E-state index in [0.717, 1.165) is 30.8 Å². The molecule has 1 aliphatic rings. The molecule has 1 aromatic carbocycles. The second kappa shape index (κ2) is 4.93. The zero-order valence-electron chi connectivity index (χ0n) is 9.70. The van der Waals surface area contributed by atoms with Crippen molar-refractivity contribution >= 4 is 11.8 Å². The van der Waals surface area contributed by atoms with Gasteiger partial charge in [-0.15, -0.1) is 0 Å². The van der Waals surface area contributed by atoms with Crippen LogP contribution in [0.25, 0.3) is 0 Å². The Morgan fingerprint density at radius 3 is 3.00 bits per heavy atom. The van der Waals surface area contributed by atoms with E-state index < -0.39 is 0 Å². The Hall–Kier alpha value is -0.940. The van der Waals surface area contributed by atoms with Crippen LogP contribution in [0.4, 0.5) is 0 Å². The monoisotopic (exact) mass is 231 g/mol.